The van der Waals surface area contributed by atoms with Crippen molar-refractivity contribution in [1.29, 1.82) is 0 Å². The van der Waals surface area contributed by atoms with E-state index in [-0.39, 0.29) is 11.8 Å². The standard InChI is InChI=1S/C21H28F3N3O/c22-21(23,24)18-5-6-19(25-13-18)26-10-8-16(9-11-26)20(28)27-12-7-15-3-1-2-4-17(15)14-27/h5-6,13,15-17H,1-4,7-12,14H2/t15-,17+/m0/s1. The summed E-state index contributed by atoms with van der Waals surface area (Å²) in [5.74, 6) is 2.37. The first-order valence-electron chi connectivity index (χ1n) is 10.5. The Morgan fingerprint density at radius 3 is 2.32 bits per heavy atom. The molecule has 0 bridgehead atoms. The van der Waals surface area contributed by atoms with E-state index in [1.165, 1.54) is 31.7 Å². The van der Waals surface area contributed by atoms with E-state index in [1.54, 1.807) is 0 Å². The lowest BCUT2D eigenvalue weighted by Crippen LogP contribution is -2.49. The molecule has 3 fully saturated rings. The molecule has 1 aliphatic carbocycles. The van der Waals surface area contributed by atoms with Gasteiger partial charge in [0, 0.05) is 38.3 Å². The van der Waals surface area contributed by atoms with Crippen molar-refractivity contribution in [3.8, 4) is 0 Å². The van der Waals surface area contributed by atoms with Gasteiger partial charge in [0.1, 0.15) is 5.82 Å². The number of halogens is 3. The quantitative estimate of drug-likeness (QED) is 0.747. The number of piperidine rings is 2. The number of carbonyl (C=O) groups excluding carboxylic acids is 1. The molecular formula is C21H28F3N3O. The van der Waals surface area contributed by atoms with Crippen LogP contribution in [0.15, 0.2) is 18.3 Å². The number of amides is 1. The molecule has 4 nitrogen and oxygen atoms in total. The Kier molecular flexibility index (Phi) is 5.52. The van der Waals surface area contributed by atoms with Crippen LogP contribution in [0.1, 0.15) is 50.5 Å². The number of carbonyl (C=O) groups is 1. The van der Waals surface area contributed by atoms with Gasteiger partial charge in [-0.3, -0.25) is 4.79 Å². The van der Waals surface area contributed by atoms with Gasteiger partial charge < -0.3 is 9.80 Å². The first-order chi connectivity index (χ1) is 13.4. The van der Waals surface area contributed by atoms with E-state index in [2.05, 4.69) is 9.88 Å². The highest BCUT2D eigenvalue weighted by atomic mass is 19.4. The Labute approximate surface area is 164 Å². The number of anilines is 1. The number of fused-ring (bicyclic) bond motifs is 1. The van der Waals surface area contributed by atoms with Crippen LogP contribution in [0.25, 0.3) is 0 Å². The predicted molar refractivity (Wildman–Crippen MR) is 101 cm³/mol. The Hall–Kier alpha value is -1.79. The number of hydrogen-bond donors (Lipinski definition) is 0. The molecule has 0 unspecified atom stereocenters. The molecule has 1 aromatic heterocycles. The number of hydrogen-bond acceptors (Lipinski definition) is 3. The number of nitrogens with zero attached hydrogens (tertiary/aromatic N) is 3. The fourth-order valence-corrected chi connectivity index (χ4v) is 5.16. The minimum atomic E-state index is -4.36. The molecule has 1 amide bonds. The van der Waals surface area contributed by atoms with Gasteiger partial charge in [-0.2, -0.15) is 13.2 Å². The lowest BCUT2D eigenvalue weighted by atomic mass is 9.75. The van der Waals surface area contributed by atoms with Gasteiger partial charge in [0.2, 0.25) is 5.91 Å². The highest BCUT2D eigenvalue weighted by Gasteiger charge is 2.36. The Balaban J connectivity index is 1.31. The second kappa shape index (κ2) is 7.91. The third-order valence-corrected chi connectivity index (χ3v) is 6.85. The molecule has 1 aromatic rings. The van der Waals surface area contributed by atoms with Gasteiger partial charge in [-0.1, -0.05) is 19.3 Å². The zero-order valence-corrected chi connectivity index (χ0v) is 16.1. The van der Waals surface area contributed by atoms with Crippen molar-refractivity contribution in [2.24, 2.45) is 17.8 Å². The van der Waals surface area contributed by atoms with Crippen molar-refractivity contribution in [2.75, 3.05) is 31.1 Å². The molecule has 2 aliphatic heterocycles. The SMILES string of the molecule is O=C(C1CCN(c2ccc(C(F)(F)F)cn2)CC1)N1CC[C@@H]2CCCC[C@@H]2C1. The van der Waals surface area contributed by atoms with Gasteiger partial charge in [-0.25, -0.2) is 4.98 Å². The zero-order valence-electron chi connectivity index (χ0n) is 16.1. The molecular weight excluding hydrogens is 367 g/mol. The van der Waals surface area contributed by atoms with Crippen LogP contribution in [0.3, 0.4) is 0 Å². The number of alkyl halides is 3. The summed E-state index contributed by atoms with van der Waals surface area (Å²) in [6.45, 7) is 3.13. The first kappa shape index (κ1) is 19.5. The molecule has 0 radical (unpaired) electrons. The molecule has 0 spiro atoms. The van der Waals surface area contributed by atoms with E-state index < -0.39 is 11.7 Å². The summed E-state index contributed by atoms with van der Waals surface area (Å²) in [7, 11) is 0. The largest absolute Gasteiger partial charge is 0.417 e. The number of rotatable bonds is 2. The van der Waals surface area contributed by atoms with Crippen molar-refractivity contribution < 1.29 is 18.0 Å². The van der Waals surface area contributed by atoms with Crippen molar-refractivity contribution in [3.05, 3.63) is 23.9 Å². The number of likely N-dealkylation sites (tertiary alicyclic amines) is 1. The number of pyridine rings is 1. The molecule has 154 valence electrons. The third-order valence-electron chi connectivity index (χ3n) is 6.85. The molecule has 1 saturated carbocycles. The topological polar surface area (TPSA) is 36.4 Å². The number of aromatic nitrogens is 1. The van der Waals surface area contributed by atoms with Crippen molar-refractivity contribution >= 4 is 11.7 Å². The van der Waals surface area contributed by atoms with Gasteiger partial charge in [0.05, 0.1) is 5.56 Å². The molecule has 2 atom stereocenters. The lowest BCUT2D eigenvalue weighted by Gasteiger charge is -2.43. The first-order valence-corrected chi connectivity index (χ1v) is 10.5. The summed E-state index contributed by atoms with van der Waals surface area (Å²) in [5.41, 5.74) is -0.729. The van der Waals surface area contributed by atoms with E-state index >= 15 is 0 Å². The second-order valence-electron chi connectivity index (χ2n) is 8.54. The minimum absolute atomic E-state index is 0.0332. The summed E-state index contributed by atoms with van der Waals surface area (Å²) >= 11 is 0. The van der Waals surface area contributed by atoms with Crippen LogP contribution in [0.4, 0.5) is 19.0 Å². The van der Waals surface area contributed by atoms with Crippen molar-refractivity contribution in [1.82, 2.24) is 9.88 Å². The molecule has 0 N–H and O–H groups in total. The van der Waals surface area contributed by atoms with E-state index in [9.17, 15) is 18.0 Å². The van der Waals surface area contributed by atoms with E-state index in [0.717, 1.165) is 50.5 Å². The summed E-state index contributed by atoms with van der Waals surface area (Å²) in [4.78, 5) is 21.0. The predicted octanol–water partition coefficient (Wildman–Crippen LogP) is 4.36. The Bertz CT molecular complexity index is 683. The fourth-order valence-electron chi connectivity index (χ4n) is 5.16. The Morgan fingerprint density at radius 1 is 0.964 bits per heavy atom. The summed E-state index contributed by atoms with van der Waals surface area (Å²) in [6, 6.07) is 2.51. The van der Waals surface area contributed by atoms with Crippen molar-refractivity contribution in [2.45, 2.75) is 51.1 Å². The molecule has 3 aliphatic rings. The normalized spacial score (nSPS) is 26.8. The van der Waals surface area contributed by atoms with Gasteiger partial charge >= 0.3 is 6.18 Å². The van der Waals surface area contributed by atoms with E-state index in [0.29, 0.717) is 24.8 Å². The molecule has 7 heteroatoms. The highest BCUT2D eigenvalue weighted by molar-refractivity contribution is 5.79. The monoisotopic (exact) mass is 395 g/mol. The zero-order chi connectivity index (χ0) is 19.7. The summed E-state index contributed by atoms with van der Waals surface area (Å²) < 4.78 is 38.1. The van der Waals surface area contributed by atoms with Crippen LogP contribution in [-0.2, 0) is 11.0 Å². The molecule has 0 aromatic carbocycles. The van der Waals surface area contributed by atoms with Crippen LogP contribution in [0.5, 0.6) is 0 Å². The average molecular weight is 395 g/mol. The van der Waals surface area contributed by atoms with Gasteiger partial charge in [0.25, 0.3) is 0 Å². The maximum Gasteiger partial charge on any atom is 0.417 e. The highest BCUT2D eigenvalue weighted by Crippen LogP contribution is 2.37. The molecule has 2 saturated heterocycles. The summed E-state index contributed by atoms with van der Waals surface area (Å²) in [6.07, 6.45) is 4.37. The van der Waals surface area contributed by atoms with Crippen LogP contribution >= 0.6 is 0 Å². The Morgan fingerprint density at radius 2 is 1.68 bits per heavy atom. The van der Waals surface area contributed by atoms with Crippen LogP contribution in [0, 0.1) is 17.8 Å². The molecule has 3 heterocycles. The van der Waals surface area contributed by atoms with E-state index in [1.807, 2.05) is 4.90 Å². The smallest absolute Gasteiger partial charge is 0.357 e. The summed E-state index contributed by atoms with van der Waals surface area (Å²) in [5, 5.41) is 0. The maximum absolute atomic E-state index is 13.0. The maximum atomic E-state index is 13.0. The third kappa shape index (κ3) is 4.13. The van der Waals surface area contributed by atoms with Crippen LogP contribution < -0.4 is 4.90 Å². The lowest BCUT2D eigenvalue weighted by molar-refractivity contribution is -0.139. The van der Waals surface area contributed by atoms with Gasteiger partial charge in [0.15, 0.2) is 0 Å². The van der Waals surface area contributed by atoms with Gasteiger partial charge in [-0.15, -0.1) is 0 Å². The van der Waals surface area contributed by atoms with Crippen LogP contribution in [0.2, 0.25) is 0 Å². The van der Waals surface area contributed by atoms with Crippen molar-refractivity contribution in [3.63, 3.8) is 0 Å². The van der Waals surface area contributed by atoms with Crippen LogP contribution in [-0.4, -0.2) is 42.0 Å². The fraction of sp³-hybridized carbons (Fsp3) is 0.714. The molecule has 4 rings (SSSR count). The minimum Gasteiger partial charge on any atom is -0.357 e. The van der Waals surface area contributed by atoms with E-state index in [4.69, 9.17) is 0 Å². The van der Waals surface area contributed by atoms with Gasteiger partial charge in [-0.05, 0) is 49.7 Å². The average Bonchev–Trinajstić information content (AvgIpc) is 2.72. The second-order valence-corrected chi connectivity index (χ2v) is 8.54. The molecule has 28 heavy (non-hydrogen) atoms.